The van der Waals surface area contributed by atoms with Crippen LogP contribution in [0.4, 0.5) is 4.39 Å². The number of carbonyl (C=O) groups is 2. The third-order valence-corrected chi connectivity index (χ3v) is 10.0. The number of hydrogen-bond donors (Lipinski definition) is 3. The van der Waals surface area contributed by atoms with Gasteiger partial charge < -0.3 is 30.5 Å². The number of fused-ring (bicyclic) bond motifs is 3. The Bertz CT molecular complexity index is 913. The molecule has 4 N–H and O–H groups in total. The molecule has 0 aromatic carbocycles. The molecule has 0 bridgehead atoms. The van der Waals surface area contributed by atoms with Crippen molar-refractivity contribution in [2.45, 2.75) is 87.5 Å². The van der Waals surface area contributed by atoms with Crippen LogP contribution in [0.25, 0.3) is 0 Å². The topological polar surface area (TPSA) is 117 Å². The number of hydrogen-bond acceptors (Lipinski definition) is 8. The summed E-state index contributed by atoms with van der Waals surface area (Å²) in [7, 11) is 0. The van der Waals surface area contributed by atoms with E-state index in [1.807, 2.05) is 0 Å². The molecule has 6 rings (SSSR count). The fraction of sp³-hybridized carbons (Fsp3) is 0.852. The predicted octanol–water partition coefficient (Wildman–Crippen LogP) is 0.920. The van der Waals surface area contributed by atoms with Crippen molar-refractivity contribution in [3.63, 3.8) is 0 Å². The third kappa shape index (κ3) is 4.62. The van der Waals surface area contributed by atoms with Crippen molar-refractivity contribution < 1.29 is 28.6 Å². The molecule has 3 aliphatic heterocycles. The van der Waals surface area contributed by atoms with Crippen molar-refractivity contribution >= 4 is 11.8 Å². The summed E-state index contributed by atoms with van der Waals surface area (Å²) < 4.78 is 28.1. The highest BCUT2D eigenvalue weighted by Gasteiger charge is 2.62. The maximum Gasteiger partial charge on any atom is 0.340 e. The molecule has 37 heavy (non-hydrogen) atoms. The second-order valence-corrected chi connectivity index (χ2v) is 12.0. The highest BCUT2D eigenvalue weighted by Crippen LogP contribution is 2.49. The largest absolute Gasteiger partial charge is 0.478 e. The number of rotatable bonds is 6. The highest BCUT2D eigenvalue weighted by atomic mass is 19.1. The van der Waals surface area contributed by atoms with E-state index in [0.29, 0.717) is 18.4 Å². The van der Waals surface area contributed by atoms with Crippen LogP contribution in [0.15, 0.2) is 11.8 Å². The van der Waals surface area contributed by atoms with Gasteiger partial charge in [-0.1, -0.05) is 25.7 Å². The second kappa shape index (κ2) is 10.5. The van der Waals surface area contributed by atoms with Crippen LogP contribution >= 0.6 is 0 Å². The lowest BCUT2D eigenvalue weighted by atomic mass is 9.64. The number of carboxylic acids is 1. The van der Waals surface area contributed by atoms with Crippen LogP contribution in [0.2, 0.25) is 0 Å². The highest BCUT2D eigenvalue weighted by molar-refractivity contribution is 6.18. The first-order valence-corrected chi connectivity index (χ1v) is 14.3. The van der Waals surface area contributed by atoms with E-state index in [4.69, 9.17) is 15.2 Å². The summed E-state index contributed by atoms with van der Waals surface area (Å²) in [6, 6.07) is -2.17. The molecule has 10 heteroatoms. The van der Waals surface area contributed by atoms with E-state index in [0.717, 1.165) is 52.1 Å². The molecule has 2 saturated heterocycles. The molecule has 0 amide bonds. The van der Waals surface area contributed by atoms with Crippen LogP contribution in [0.3, 0.4) is 0 Å². The maximum atomic E-state index is 15.9. The van der Waals surface area contributed by atoms with Gasteiger partial charge in [-0.2, -0.15) is 0 Å². The van der Waals surface area contributed by atoms with Crippen LogP contribution in [0.5, 0.6) is 0 Å². The monoisotopic (exact) mass is 520 g/mol. The van der Waals surface area contributed by atoms with Crippen molar-refractivity contribution in [2.75, 3.05) is 39.4 Å². The zero-order valence-electron chi connectivity index (χ0n) is 21.5. The molecule has 5 fully saturated rings. The standard InChI is InChI=1S/C27H41FN4O5/c28-21-22(29)20-24-26(23(21)30-6-3-7-31-8-10-36-11-9-31)37-19-13-16-5-2-1-4-15(16)12-18(19)32(24)14-17(25(20)33)27(34)35/h14-16,18-24,26,30H,1-13,29H2,(H,34,35). The number of nitrogens with zero attached hydrogens (tertiary/aromatic N) is 2. The minimum atomic E-state index is -1.50. The first kappa shape index (κ1) is 25.7. The van der Waals surface area contributed by atoms with E-state index in [2.05, 4.69) is 15.1 Å². The molecule has 0 aromatic rings. The maximum absolute atomic E-state index is 15.9. The smallest absolute Gasteiger partial charge is 0.340 e. The summed E-state index contributed by atoms with van der Waals surface area (Å²) in [5, 5.41) is 13.2. The van der Waals surface area contributed by atoms with Gasteiger partial charge in [0.2, 0.25) is 0 Å². The van der Waals surface area contributed by atoms with Crippen molar-refractivity contribution in [3.8, 4) is 0 Å². The van der Waals surface area contributed by atoms with Crippen molar-refractivity contribution in [1.82, 2.24) is 15.1 Å². The second-order valence-electron chi connectivity index (χ2n) is 12.0. The molecule has 3 aliphatic carbocycles. The Balaban J connectivity index is 1.25. The molecule has 3 saturated carbocycles. The molecule has 10 atom stereocenters. The van der Waals surface area contributed by atoms with Crippen molar-refractivity contribution in [1.29, 1.82) is 0 Å². The number of Topliss-reactive ketones (excluding diaryl/α,β-unsaturated/α-hetero) is 1. The SMILES string of the molecule is NC1C(F)C(NCCCN2CCOCC2)C2OC3CC4CCCCC4CC3N3C=C(C(=O)O)C(=O)C1C23. The zero-order valence-corrected chi connectivity index (χ0v) is 21.5. The minimum Gasteiger partial charge on any atom is -0.478 e. The lowest BCUT2D eigenvalue weighted by molar-refractivity contribution is -0.211. The number of ketones is 1. The fourth-order valence-corrected chi connectivity index (χ4v) is 8.18. The minimum absolute atomic E-state index is 0.00381. The van der Waals surface area contributed by atoms with E-state index in [-0.39, 0.29) is 17.7 Å². The van der Waals surface area contributed by atoms with Gasteiger partial charge in [0.05, 0.1) is 49.5 Å². The first-order valence-electron chi connectivity index (χ1n) is 14.3. The van der Waals surface area contributed by atoms with Gasteiger partial charge in [0.15, 0.2) is 5.78 Å². The van der Waals surface area contributed by atoms with E-state index in [9.17, 15) is 14.7 Å². The fourth-order valence-electron chi connectivity index (χ4n) is 8.18. The average Bonchev–Trinajstić information content (AvgIpc) is 2.90. The van der Waals surface area contributed by atoms with Crippen molar-refractivity contribution in [2.24, 2.45) is 23.5 Å². The van der Waals surface area contributed by atoms with Gasteiger partial charge in [0.1, 0.15) is 11.7 Å². The summed E-state index contributed by atoms with van der Waals surface area (Å²) in [5.74, 6) is -1.56. The van der Waals surface area contributed by atoms with Crippen LogP contribution < -0.4 is 11.1 Å². The molecule has 3 heterocycles. The number of morpholine rings is 2. The summed E-state index contributed by atoms with van der Waals surface area (Å²) in [6.45, 7) is 4.85. The molecule has 0 radical (unpaired) electrons. The van der Waals surface area contributed by atoms with Gasteiger partial charge in [-0.05, 0) is 44.2 Å². The lowest BCUT2D eigenvalue weighted by Crippen LogP contribution is -2.77. The number of nitrogens with one attached hydrogen (secondary N) is 1. The molecular weight excluding hydrogens is 479 g/mol. The molecule has 206 valence electrons. The third-order valence-electron chi connectivity index (χ3n) is 10.0. The van der Waals surface area contributed by atoms with E-state index < -0.39 is 48.1 Å². The molecule has 6 aliphatic rings. The number of aliphatic carboxylic acids is 1. The molecule has 10 unspecified atom stereocenters. The van der Waals surface area contributed by atoms with Crippen LogP contribution in [0.1, 0.15) is 44.9 Å². The van der Waals surface area contributed by atoms with Crippen molar-refractivity contribution in [3.05, 3.63) is 11.8 Å². The Morgan fingerprint density at radius 2 is 1.92 bits per heavy atom. The molecule has 0 spiro atoms. The summed E-state index contributed by atoms with van der Waals surface area (Å²) in [5.41, 5.74) is 6.14. The first-order chi connectivity index (χ1) is 17.9. The van der Waals surface area contributed by atoms with E-state index in [1.165, 1.54) is 25.7 Å². The lowest BCUT2D eigenvalue weighted by Gasteiger charge is -2.61. The van der Waals surface area contributed by atoms with Gasteiger partial charge in [0, 0.05) is 25.3 Å². The normalized spacial score (nSPS) is 43.9. The van der Waals surface area contributed by atoms with Gasteiger partial charge in [0.25, 0.3) is 0 Å². The van der Waals surface area contributed by atoms with Crippen LogP contribution in [-0.2, 0) is 19.1 Å². The van der Waals surface area contributed by atoms with Gasteiger partial charge in [-0.25, -0.2) is 9.18 Å². The molecule has 9 nitrogen and oxygen atoms in total. The Labute approximate surface area is 217 Å². The summed E-state index contributed by atoms with van der Waals surface area (Å²) >= 11 is 0. The number of nitrogens with two attached hydrogens (primary N) is 1. The molecular formula is C27H41FN4O5. The van der Waals surface area contributed by atoms with Crippen LogP contribution in [0, 0.1) is 17.8 Å². The molecule has 0 aromatic heterocycles. The Morgan fingerprint density at radius 1 is 1.19 bits per heavy atom. The van der Waals surface area contributed by atoms with Gasteiger partial charge >= 0.3 is 5.97 Å². The van der Waals surface area contributed by atoms with E-state index in [1.54, 1.807) is 6.20 Å². The Hall–Kier alpha value is -1.59. The quantitative estimate of drug-likeness (QED) is 0.347. The Morgan fingerprint density at radius 3 is 2.65 bits per heavy atom. The summed E-state index contributed by atoms with van der Waals surface area (Å²) in [4.78, 5) is 29.8. The predicted molar refractivity (Wildman–Crippen MR) is 134 cm³/mol. The number of carbonyl (C=O) groups excluding carboxylic acids is 1. The van der Waals surface area contributed by atoms with Gasteiger partial charge in [-0.15, -0.1) is 0 Å². The Kier molecular flexibility index (Phi) is 7.30. The number of carboxylic acid groups (broad SMARTS) is 1. The van der Waals surface area contributed by atoms with E-state index >= 15 is 4.39 Å². The number of ether oxygens (including phenoxy) is 2. The number of halogens is 1. The van der Waals surface area contributed by atoms with Gasteiger partial charge in [-0.3, -0.25) is 9.69 Å². The average molecular weight is 521 g/mol. The summed E-state index contributed by atoms with van der Waals surface area (Å²) in [6.07, 6.45) is 6.94. The van der Waals surface area contributed by atoms with Crippen LogP contribution in [-0.4, -0.2) is 109 Å². The zero-order chi connectivity index (χ0) is 25.7. The number of alkyl halides is 1.